The number of amides is 2. The minimum absolute atomic E-state index is 0. The van der Waals surface area contributed by atoms with E-state index in [1.807, 2.05) is 0 Å². The Balaban J connectivity index is 0.00000220. The number of halogens is 1. The molecule has 2 amide bonds. The van der Waals surface area contributed by atoms with Crippen LogP contribution in [0.25, 0.3) is 0 Å². The molecule has 1 unspecified atom stereocenters. The molecule has 0 saturated carbocycles. The lowest BCUT2D eigenvalue weighted by molar-refractivity contribution is -0.384. The van der Waals surface area contributed by atoms with Crippen molar-refractivity contribution in [1.29, 1.82) is 0 Å². The van der Waals surface area contributed by atoms with Crippen LogP contribution in [-0.4, -0.2) is 34.3 Å². The van der Waals surface area contributed by atoms with Crippen LogP contribution in [0.5, 0.6) is 0 Å². The third kappa shape index (κ3) is 3.72. The largest absolute Gasteiger partial charge is 0.330 e. The van der Waals surface area contributed by atoms with E-state index < -0.39 is 10.2 Å². The van der Waals surface area contributed by atoms with Crippen molar-refractivity contribution in [3.8, 4) is 0 Å². The number of anilines is 1. The van der Waals surface area contributed by atoms with Crippen molar-refractivity contribution in [3.05, 3.63) is 34.4 Å². The second-order valence-corrected chi connectivity index (χ2v) is 5.51. The molecule has 1 aliphatic rings. The van der Waals surface area contributed by atoms with Crippen LogP contribution in [0.1, 0.15) is 6.42 Å². The molecule has 1 atom stereocenters. The van der Waals surface area contributed by atoms with E-state index in [0.29, 0.717) is 12.3 Å². The molecule has 1 fully saturated rings. The zero-order chi connectivity index (χ0) is 14.7. The van der Waals surface area contributed by atoms with Gasteiger partial charge >= 0.3 is 0 Å². The zero-order valence-corrected chi connectivity index (χ0v) is 12.6. The van der Waals surface area contributed by atoms with E-state index in [-0.39, 0.29) is 42.0 Å². The highest BCUT2D eigenvalue weighted by atomic mass is 35.5. The van der Waals surface area contributed by atoms with Gasteiger partial charge in [-0.25, -0.2) is 4.90 Å². The lowest BCUT2D eigenvalue weighted by Crippen LogP contribution is -2.31. The Kier molecular flexibility index (Phi) is 6.13. The molecule has 21 heavy (non-hydrogen) atoms. The predicted octanol–water partition coefficient (Wildman–Crippen LogP) is 1.34. The highest BCUT2D eigenvalue weighted by molar-refractivity contribution is 8.00. The summed E-state index contributed by atoms with van der Waals surface area (Å²) in [6.45, 7) is 0.430. The van der Waals surface area contributed by atoms with E-state index in [4.69, 9.17) is 5.73 Å². The van der Waals surface area contributed by atoms with Crippen LogP contribution < -0.4 is 10.6 Å². The summed E-state index contributed by atoms with van der Waals surface area (Å²) in [5.41, 5.74) is 5.47. The lowest BCUT2D eigenvalue weighted by Gasteiger charge is -2.14. The maximum atomic E-state index is 12.2. The van der Waals surface area contributed by atoms with Gasteiger partial charge in [0, 0.05) is 30.9 Å². The van der Waals surface area contributed by atoms with Crippen LogP contribution in [0.2, 0.25) is 0 Å². The van der Waals surface area contributed by atoms with Crippen LogP contribution in [0, 0.1) is 10.1 Å². The Morgan fingerprint density at radius 2 is 2.14 bits per heavy atom. The van der Waals surface area contributed by atoms with E-state index in [1.54, 1.807) is 0 Å². The van der Waals surface area contributed by atoms with Crippen molar-refractivity contribution in [1.82, 2.24) is 0 Å². The first-order chi connectivity index (χ1) is 9.54. The van der Waals surface area contributed by atoms with Crippen molar-refractivity contribution in [2.24, 2.45) is 5.73 Å². The number of nitro benzene ring substituents is 1. The summed E-state index contributed by atoms with van der Waals surface area (Å²) in [7, 11) is 0. The molecule has 0 bridgehead atoms. The first-order valence-electron chi connectivity index (χ1n) is 5.97. The van der Waals surface area contributed by atoms with Crippen LogP contribution in [0.15, 0.2) is 24.3 Å². The molecule has 0 radical (unpaired) electrons. The summed E-state index contributed by atoms with van der Waals surface area (Å²) in [5, 5.41) is 10.3. The molecule has 7 nitrogen and oxygen atoms in total. The lowest BCUT2D eigenvalue weighted by atomic mass is 10.2. The molecule has 0 aromatic heterocycles. The molecule has 9 heteroatoms. The minimum atomic E-state index is -0.560. The molecule has 2 N–H and O–H groups in total. The fourth-order valence-corrected chi connectivity index (χ4v) is 2.89. The number of thioether (sulfide) groups is 1. The van der Waals surface area contributed by atoms with Gasteiger partial charge in [-0.15, -0.1) is 24.2 Å². The fraction of sp³-hybridized carbons (Fsp3) is 0.333. The van der Waals surface area contributed by atoms with Gasteiger partial charge in [0.1, 0.15) is 0 Å². The SMILES string of the molecule is Cl.NCCSC1CC(=O)N(c2cccc([N+](=O)[O-])c2)C1=O. The normalized spacial score (nSPS) is 17.8. The van der Waals surface area contributed by atoms with Crippen molar-refractivity contribution >= 4 is 47.4 Å². The summed E-state index contributed by atoms with van der Waals surface area (Å²) in [4.78, 5) is 35.3. The monoisotopic (exact) mass is 331 g/mol. The first kappa shape index (κ1) is 17.4. The zero-order valence-electron chi connectivity index (χ0n) is 10.9. The van der Waals surface area contributed by atoms with E-state index in [0.717, 1.165) is 4.90 Å². The van der Waals surface area contributed by atoms with Gasteiger partial charge in [0.15, 0.2) is 0 Å². The average molecular weight is 332 g/mol. The van der Waals surface area contributed by atoms with Gasteiger partial charge in [0.05, 0.1) is 15.9 Å². The molecule has 1 aromatic carbocycles. The van der Waals surface area contributed by atoms with Crippen LogP contribution >= 0.6 is 24.2 Å². The molecule has 114 valence electrons. The minimum Gasteiger partial charge on any atom is -0.330 e. The molecule has 2 rings (SSSR count). The number of nitrogens with two attached hydrogens (primary N) is 1. The summed E-state index contributed by atoms with van der Waals surface area (Å²) in [6.07, 6.45) is 0.103. The molecule has 1 aromatic rings. The first-order valence-corrected chi connectivity index (χ1v) is 7.02. The molecule has 1 saturated heterocycles. The summed E-state index contributed by atoms with van der Waals surface area (Å²) < 4.78 is 0. The standard InChI is InChI=1S/C12H13N3O4S.ClH/c13-4-5-20-10-7-11(16)14(12(10)17)8-2-1-3-9(6-8)15(18)19;/h1-3,6,10H,4-5,7,13H2;1H. The quantitative estimate of drug-likeness (QED) is 0.495. The Morgan fingerprint density at radius 1 is 1.43 bits per heavy atom. The third-order valence-corrected chi connectivity index (χ3v) is 4.08. The number of hydrogen-bond donors (Lipinski definition) is 1. The molecule has 1 aliphatic heterocycles. The third-order valence-electron chi connectivity index (χ3n) is 2.84. The smallest absolute Gasteiger partial charge is 0.271 e. The Bertz CT molecular complexity index is 569. The number of hydrogen-bond acceptors (Lipinski definition) is 6. The number of rotatable bonds is 5. The van der Waals surface area contributed by atoms with E-state index in [9.17, 15) is 19.7 Å². The van der Waals surface area contributed by atoms with Crippen molar-refractivity contribution in [2.45, 2.75) is 11.7 Å². The summed E-state index contributed by atoms with van der Waals surface area (Å²) in [5.74, 6) is -0.0918. The van der Waals surface area contributed by atoms with Crippen molar-refractivity contribution in [2.75, 3.05) is 17.2 Å². The predicted molar refractivity (Wildman–Crippen MR) is 82.8 cm³/mol. The second kappa shape index (κ2) is 7.39. The Labute approximate surface area is 131 Å². The molecule has 0 aliphatic carbocycles. The Hall–Kier alpha value is -1.64. The topological polar surface area (TPSA) is 107 Å². The number of benzene rings is 1. The number of nitrogens with zero attached hydrogens (tertiary/aromatic N) is 2. The van der Waals surface area contributed by atoms with Gasteiger partial charge in [-0.05, 0) is 6.07 Å². The van der Waals surface area contributed by atoms with Crippen LogP contribution in [-0.2, 0) is 9.59 Å². The van der Waals surface area contributed by atoms with Gasteiger partial charge in [-0.2, -0.15) is 0 Å². The second-order valence-electron chi connectivity index (χ2n) is 4.20. The molecule has 1 heterocycles. The highest BCUT2D eigenvalue weighted by Crippen LogP contribution is 2.30. The number of non-ortho nitro benzene ring substituents is 1. The van der Waals surface area contributed by atoms with E-state index in [2.05, 4.69) is 0 Å². The van der Waals surface area contributed by atoms with Crippen LogP contribution in [0.3, 0.4) is 0 Å². The van der Waals surface area contributed by atoms with E-state index in [1.165, 1.54) is 36.0 Å². The van der Waals surface area contributed by atoms with E-state index >= 15 is 0 Å². The number of carbonyl (C=O) groups is 2. The van der Waals surface area contributed by atoms with Gasteiger partial charge in [-0.1, -0.05) is 6.07 Å². The maximum absolute atomic E-state index is 12.2. The summed E-state index contributed by atoms with van der Waals surface area (Å²) in [6, 6.07) is 5.51. The fourth-order valence-electron chi connectivity index (χ4n) is 1.96. The van der Waals surface area contributed by atoms with Gasteiger partial charge in [0.25, 0.3) is 5.69 Å². The van der Waals surface area contributed by atoms with Crippen molar-refractivity contribution < 1.29 is 14.5 Å². The van der Waals surface area contributed by atoms with Crippen LogP contribution in [0.4, 0.5) is 11.4 Å². The summed E-state index contributed by atoms with van der Waals surface area (Å²) >= 11 is 1.33. The molecular formula is C12H14ClN3O4S. The van der Waals surface area contributed by atoms with Crippen molar-refractivity contribution in [3.63, 3.8) is 0 Å². The van der Waals surface area contributed by atoms with Gasteiger partial charge in [-0.3, -0.25) is 19.7 Å². The van der Waals surface area contributed by atoms with Gasteiger partial charge in [0.2, 0.25) is 11.8 Å². The molecular weight excluding hydrogens is 318 g/mol. The number of carbonyl (C=O) groups excluding carboxylic acids is 2. The maximum Gasteiger partial charge on any atom is 0.271 e. The average Bonchev–Trinajstić information content (AvgIpc) is 2.71. The number of nitro groups is 1. The van der Waals surface area contributed by atoms with Gasteiger partial charge < -0.3 is 5.73 Å². The number of imide groups is 1. The Morgan fingerprint density at radius 3 is 2.76 bits per heavy atom. The molecule has 0 spiro atoms. The highest BCUT2D eigenvalue weighted by Gasteiger charge is 2.39.